The van der Waals surface area contributed by atoms with E-state index in [2.05, 4.69) is 41.0 Å². The van der Waals surface area contributed by atoms with Crippen LogP contribution in [-0.4, -0.2) is 35.9 Å². The fourth-order valence-electron chi connectivity index (χ4n) is 1.64. The maximum Gasteiger partial charge on any atom is 0.191 e. The van der Waals surface area contributed by atoms with Crippen LogP contribution in [0.2, 0.25) is 0 Å². The van der Waals surface area contributed by atoms with Gasteiger partial charge in [-0.25, -0.2) is 9.97 Å². The third-order valence-electron chi connectivity index (χ3n) is 2.43. The smallest absolute Gasteiger partial charge is 0.191 e. The number of rotatable bonds is 7. The summed E-state index contributed by atoms with van der Waals surface area (Å²) in [5.74, 6) is 1.93. The molecule has 4 nitrogen and oxygen atoms in total. The van der Waals surface area contributed by atoms with Crippen molar-refractivity contribution in [2.24, 2.45) is 0 Å². The highest BCUT2D eigenvalue weighted by molar-refractivity contribution is 7.98. The number of anilines is 2. The number of nitrogens with one attached hydrogen (secondary N) is 1. The zero-order chi connectivity index (χ0) is 12.7. The van der Waals surface area contributed by atoms with E-state index in [1.807, 2.05) is 12.3 Å². The monoisotopic (exact) mass is 254 g/mol. The molecule has 0 aromatic carbocycles. The Kier molecular flexibility index (Phi) is 6.11. The molecule has 17 heavy (non-hydrogen) atoms. The molecule has 1 aromatic rings. The molecule has 0 saturated carbocycles. The van der Waals surface area contributed by atoms with Crippen LogP contribution in [0, 0.1) is 0 Å². The van der Waals surface area contributed by atoms with Gasteiger partial charge in [-0.15, -0.1) is 0 Å². The van der Waals surface area contributed by atoms with Crippen LogP contribution < -0.4 is 10.2 Å². The van der Waals surface area contributed by atoms with E-state index in [1.54, 1.807) is 11.8 Å². The van der Waals surface area contributed by atoms with Crippen LogP contribution in [0.15, 0.2) is 11.2 Å². The summed E-state index contributed by atoms with van der Waals surface area (Å²) in [7, 11) is 0. The van der Waals surface area contributed by atoms with E-state index in [0.717, 1.165) is 42.8 Å². The molecule has 0 saturated heterocycles. The quantitative estimate of drug-likeness (QED) is 0.598. The predicted molar refractivity (Wildman–Crippen MR) is 76.2 cm³/mol. The number of aromatic nitrogens is 2. The third-order valence-corrected chi connectivity index (χ3v) is 2.98. The van der Waals surface area contributed by atoms with Crippen LogP contribution in [-0.2, 0) is 0 Å². The van der Waals surface area contributed by atoms with Crippen LogP contribution in [0.3, 0.4) is 0 Å². The minimum absolute atomic E-state index is 0.827. The lowest BCUT2D eigenvalue weighted by Gasteiger charge is -2.22. The highest BCUT2D eigenvalue weighted by atomic mass is 32.2. The normalized spacial score (nSPS) is 10.4. The Morgan fingerprint density at radius 1 is 1.29 bits per heavy atom. The standard InChI is InChI=1S/C12H22N4S/c1-5-8-16(7-3)11-9-10(13-6-2)14-12(15-11)17-4/h9H,5-8H2,1-4H3,(H,13,14,15). The fourth-order valence-corrected chi connectivity index (χ4v) is 2.02. The van der Waals surface area contributed by atoms with Gasteiger partial charge in [0.1, 0.15) is 11.6 Å². The number of thioether (sulfide) groups is 1. The zero-order valence-electron chi connectivity index (χ0n) is 11.2. The van der Waals surface area contributed by atoms with E-state index < -0.39 is 0 Å². The Labute approximate surface area is 108 Å². The van der Waals surface area contributed by atoms with Crippen molar-refractivity contribution in [3.05, 3.63) is 6.07 Å². The maximum absolute atomic E-state index is 4.56. The van der Waals surface area contributed by atoms with Crippen molar-refractivity contribution < 1.29 is 0 Å². The molecule has 0 aliphatic rings. The number of hydrogen-bond donors (Lipinski definition) is 1. The predicted octanol–water partition coefficient (Wildman–Crippen LogP) is 2.87. The molecule has 0 spiro atoms. The lowest BCUT2D eigenvalue weighted by Crippen LogP contribution is -2.25. The summed E-state index contributed by atoms with van der Waals surface area (Å²) in [4.78, 5) is 11.3. The molecule has 0 fully saturated rings. The first-order valence-electron chi connectivity index (χ1n) is 6.17. The Morgan fingerprint density at radius 3 is 2.59 bits per heavy atom. The Hall–Kier alpha value is -0.970. The van der Waals surface area contributed by atoms with Gasteiger partial charge < -0.3 is 10.2 Å². The molecule has 0 atom stereocenters. The largest absolute Gasteiger partial charge is 0.370 e. The molecule has 1 aromatic heterocycles. The van der Waals surface area contributed by atoms with E-state index in [4.69, 9.17) is 0 Å². The molecule has 1 N–H and O–H groups in total. The van der Waals surface area contributed by atoms with Crippen LogP contribution >= 0.6 is 11.8 Å². The summed E-state index contributed by atoms with van der Waals surface area (Å²) in [6.07, 6.45) is 3.13. The third kappa shape index (κ3) is 4.07. The van der Waals surface area contributed by atoms with E-state index in [9.17, 15) is 0 Å². The van der Waals surface area contributed by atoms with E-state index in [-0.39, 0.29) is 0 Å². The van der Waals surface area contributed by atoms with Crippen molar-refractivity contribution >= 4 is 23.4 Å². The van der Waals surface area contributed by atoms with Gasteiger partial charge >= 0.3 is 0 Å². The lowest BCUT2D eigenvalue weighted by atomic mass is 10.4. The van der Waals surface area contributed by atoms with Gasteiger partial charge in [-0.3, -0.25) is 0 Å². The van der Waals surface area contributed by atoms with E-state index >= 15 is 0 Å². The molecule has 1 rings (SSSR count). The Bertz CT molecular complexity index is 343. The van der Waals surface area contributed by atoms with Crippen molar-refractivity contribution in [1.29, 1.82) is 0 Å². The molecule has 5 heteroatoms. The molecule has 0 aliphatic carbocycles. The first kappa shape index (κ1) is 14.1. The zero-order valence-corrected chi connectivity index (χ0v) is 12.0. The number of hydrogen-bond acceptors (Lipinski definition) is 5. The van der Waals surface area contributed by atoms with Gasteiger partial charge in [0.05, 0.1) is 0 Å². The van der Waals surface area contributed by atoms with Gasteiger partial charge in [-0.05, 0) is 26.5 Å². The summed E-state index contributed by atoms with van der Waals surface area (Å²) in [5, 5.41) is 4.08. The van der Waals surface area contributed by atoms with Gasteiger partial charge in [-0.2, -0.15) is 0 Å². The number of nitrogens with zero attached hydrogens (tertiary/aromatic N) is 3. The lowest BCUT2D eigenvalue weighted by molar-refractivity contribution is 0.765. The second-order valence-electron chi connectivity index (χ2n) is 3.71. The summed E-state index contributed by atoms with van der Waals surface area (Å²) in [5.41, 5.74) is 0. The topological polar surface area (TPSA) is 41.0 Å². The van der Waals surface area contributed by atoms with E-state index in [0.29, 0.717) is 0 Å². The van der Waals surface area contributed by atoms with Crippen molar-refractivity contribution in [2.75, 3.05) is 36.1 Å². The fraction of sp³-hybridized carbons (Fsp3) is 0.667. The molecule has 0 aliphatic heterocycles. The van der Waals surface area contributed by atoms with Gasteiger partial charge in [-0.1, -0.05) is 18.7 Å². The minimum Gasteiger partial charge on any atom is -0.370 e. The van der Waals surface area contributed by atoms with Gasteiger partial charge in [0.2, 0.25) is 0 Å². The summed E-state index contributed by atoms with van der Waals surface area (Å²) >= 11 is 1.58. The van der Waals surface area contributed by atoms with Crippen molar-refractivity contribution in [3.8, 4) is 0 Å². The summed E-state index contributed by atoms with van der Waals surface area (Å²) in [6.45, 7) is 9.31. The average molecular weight is 254 g/mol. The van der Waals surface area contributed by atoms with Crippen LogP contribution in [0.4, 0.5) is 11.6 Å². The first-order valence-corrected chi connectivity index (χ1v) is 7.39. The molecule has 0 bridgehead atoms. The molecule has 96 valence electrons. The molecular weight excluding hydrogens is 232 g/mol. The van der Waals surface area contributed by atoms with Crippen LogP contribution in [0.1, 0.15) is 27.2 Å². The van der Waals surface area contributed by atoms with Crippen molar-refractivity contribution in [2.45, 2.75) is 32.3 Å². The minimum atomic E-state index is 0.827. The highest BCUT2D eigenvalue weighted by Gasteiger charge is 2.09. The molecular formula is C12H22N4S. The average Bonchev–Trinajstić information content (AvgIpc) is 2.35. The Morgan fingerprint density at radius 2 is 2.06 bits per heavy atom. The van der Waals surface area contributed by atoms with Gasteiger partial charge in [0.25, 0.3) is 0 Å². The van der Waals surface area contributed by atoms with Gasteiger partial charge in [0.15, 0.2) is 5.16 Å². The highest BCUT2D eigenvalue weighted by Crippen LogP contribution is 2.20. The summed E-state index contributed by atoms with van der Waals surface area (Å²) in [6, 6.07) is 2.03. The second-order valence-corrected chi connectivity index (χ2v) is 4.48. The van der Waals surface area contributed by atoms with E-state index in [1.165, 1.54) is 0 Å². The second kappa shape index (κ2) is 7.37. The Balaban J connectivity index is 2.99. The van der Waals surface area contributed by atoms with Crippen molar-refractivity contribution in [1.82, 2.24) is 9.97 Å². The van der Waals surface area contributed by atoms with Crippen molar-refractivity contribution in [3.63, 3.8) is 0 Å². The molecule has 1 heterocycles. The van der Waals surface area contributed by atoms with Gasteiger partial charge in [0, 0.05) is 25.7 Å². The SMILES string of the molecule is CCCN(CC)c1cc(NCC)nc(SC)n1. The van der Waals surface area contributed by atoms with Crippen LogP contribution in [0.25, 0.3) is 0 Å². The molecule has 0 amide bonds. The first-order chi connectivity index (χ1) is 8.24. The molecule has 0 radical (unpaired) electrons. The molecule has 0 unspecified atom stereocenters. The van der Waals surface area contributed by atoms with Crippen LogP contribution in [0.5, 0.6) is 0 Å². The maximum atomic E-state index is 4.56. The summed E-state index contributed by atoms with van der Waals surface area (Å²) < 4.78 is 0.